The summed E-state index contributed by atoms with van der Waals surface area (Å²) in [6.07, 6.45) is 0. The van der Waals surface area contributed by atoms with Crippen LogP contribution < -0.4 is 20.1 Å². The molecule has 0 fully saturated rings. The standard InChI is InChI=1S/C16H13ClF2N2O4/c1-24-13-7-12(14(25-2)6-9(13)17)21-16(23)15(22)20-11-4-3-8(18)5-10(11)19/h3-7H,1-2H3,(H,20,22)(H,21,23). The molecule has 0 saturated heterocycles. The monoisotopic (exact) mass is 370 g/mol. The van der Waals surface area contributed by atoms with Crippen LogP contribution in [0.2, 0.25) is 5.02 Å². The van der Waals surface area contributed by atoms with Crippen LogP contribution in [0.15, 0.2) is 30.3 Å². The Bertz CT molecular complexity index is 830. The van der Waals surface area contributed by atoms with E-state index in [1.165, 1.54) is 26.4 Å². The van der Waals surface area contributed by atoms with E-state index < -0.39 is 23.4 Å². The number of nitrogens with one attached hydrogen (secondary N) is 2. The second kappa shape index (κ2) is 7.80. The van der Waals surface area contributed by atoms with Gasteiger partial charge in [-0.25, -0.2) is 8.78 Å². The predicted molar refractivity (Wildman–Crippen MR) is 88.2 cm³/mol. The van der Waals surface area contributed by atoms with Crippen molar-refractivity contribution in [2.45, 2.75) is 0 Å². The van der Waals surface area contributed by atoms with E-state index >= 15 is 0 Å². The summed E-state index contributed by atoms with van der Waals surface area (Å²) in [5, 5.41) is 4.59. The Balaban J connectivity index is 2.17. The van der Waals surface area contributed by atoms with Crippen molar-refractivity contribution in [2.24, 2.45) is 0 Å². The molecule has 0 heterocycles. The van der Waals surface area contributed by atoms with Crippen LogP contribution in [0.3, 0.4) is 0 Å². The second-order valence-corrected chi connectivity index (χ2v) is 5.13. The Morgan fingerprint density at radius 1 is 0.920 bits per heavy atom. The SMILES string of the molecule is COc1cc(NC(=O)C(=O)Nc2ccc(F)cc2F)c(OC)cc1Cl. The highest BCUT2D eigenvalue weighted by molar-refractivity contribution is 6.44. The zero-order valence-electron chi connectivity index (χ0n) is 13.2. The average molecular weight is 371 g/mol. The molecule has 0 atom stereocenters. The Morgan fingerprint density at radius 2 is 1.52 bits per heavy atom. The van der Waals surface area contributed by atoms with Crippen molar-refractivity contribution in [3.8, 4) is 11.5 Å². The number of carbonyl (C=O) groups excluding carboxylic acids is 2. The first-order valence-electron chi connectivity index (χ1n) is 6.84. The van der Waals surface area contributed by atoms with E-state index in [2.05, 4.69) is 5.32 Å². The minimum absolute atomic E-state index is 0.128. The van der Waals surface area contributed by atoms with E-state index in [4.69, 9.17) is 21.1 Å². The van der Waals surface area contributed by atoms with Crippen molar-refractivity contribution in [1.82, 2.24) is 0 Å². The molecule has 0 aromatic heterocycles. The summed E-state index contributed by atoms with van der Waals surface area (Å²) in [5.41, 5.74) is -0.203. The molecule has 2 rings (SSSR count). The van der Waals surface area contributed by atoms with Crippen molar-refractivity contribution < 1.29 is 27.8 Å². The zero-order chi connectivity index (χ0) is 18.6. The maximum atomic E-state index is 13.5. The van der Waals surface area contributed by atoms with E-state index in [1.54, 1.807) is 0 Å². The first kappa shape index (κ1) is 18.5. The van der Waals surface area contributed by atoms with Crippen LogP contribution in [0.4, 0.5) is 20.2 Å². The fourth-order valence-electron chi connectivity index (χ4n) is 1.91. The van der Waals surface area contributed by atoms with E-state index in [9.17, 15) is 18.4 Å². The van der Waals surface area contributed by atoms with E-state index in [1.807, 2.05) is 5.32 Å². The molecule has 132 valence electrons. The molecule has 0 aliphatic carbocycles. The van der Waals surface area contributed by atoms with Gasteiger partial charge in [-0.1, -0.05) is 11.6 Å². The predicted octanol–water partition coefficient (Wildman–Crippen LogP) is 3.21. The second-order valence-electron chi connectivity index (χ2n) is 4.72. The van der Waals surface area contributed by atoms with Crippen molar-refractivity contribution in [3.63, 3.8) is 0 Å². The van der Waals surface area contributed by atoms with Gasteiger partial charge in [0.05, 0.1) is 30.6 Å². The first-order valence-corrected chi connectivity index (χ1v) is 7.22. The van der Waals surface area contributed by atoms with Crippen LogP contribution in [-0.4, -0.2) is 26.0 Å². The lowest BCUT2D eigenvalue weighted by Gasteiger charge is -2.13. The van der Waals surface area contributed by atoms with Gasteiger partial charge in [0, 0.05) is 18.2 Å². The number of hydrogen-bond acceptors (Lipinski definition) is 4. The molecule has 2 amide bonds. The smallest absolute Gasteiger partial charge is 0.314 e. The molecule has 9 heteroatoms. The van der Waals surface area contributed by atoms with Gasteiger partial charge in [0.25, 0.3) is 0 Å². The van der Waals surface area contributed by atoms with Gasteiger partial charge in [0.15, 0.2) is 0 Å². The zero-order valence-corrected chi connectivity index (χ0v) is 13.9. The van der Waals surface area contributed by atoms with Crippen molar-refractivity contribution in [2.75, 3.05) is 24.9 Å². The van der Waals surface area contributed by atoms with E-state index in [0.717, 1.165) is 12.1 Å². The number of hydrogen-bond donors (Lipinski definition) is 2. The van der Waals surface area contributed by atoms with Gasteiger partial charge in [-0.05, 0) is 12.1 Å². The number of halogens is 3. The summed E-state index contributed by atoms with van der Waals surface area (Å²) in [6.45, 7) is 0. The van der Waals surface area contributed by atoms with Gasteiger partial charge in [-0.3, -0.25) is 9.59 Å². The molecule has 0 saturated carbocycles. The van der Waals surface area contributed by atoms with Crippen LogP contribution >= 0.6 is 11.6 Å². The lowest BCUT2D eigenvalue weighted by Crippen LogP contribution is -2.29. The number of rotatable bonds is 4. The van der Waals surface area contributed by atoms with Crippen LogP contribution in [0.25, 0.3) is 0 Å². The van der Waals surface area contributed by atoms with Gasteiger partial charge in [-0.15, -0.1) is 0 Å². The molecule has 25 heavy (non-hydrogen) atoms. The lowest BCUT2D eigenvalue weighted by atomic mass is 10.2. The van der Waals surface area contributed by atoms with Gasteiger partial charge in [0.1, 0.15) is 23.1 Å². The third-order valence-corrected chi connectivity index (χ3v) is 3.40. The third-order valence-electron chi connectivity index (χ3n) is 3.11. The van der Waals surface area contributed by atoms with Crippen molar-refractivity contribution in [1.29, 1.82) is 0 Å². The summed E-state index contributed by atoms with van der Waals surface area (Å²) >= 11 is 5.95. The Hall–Kier alpha value is -2.87. The number of amides is 2. The topological polar surface area (TPSA) is 76.7 Å². The third kappa shape index (κ3) is 4.36. The average Bonchev–Trinajstić information content (AvgIpc) is 2.58. The first-order chi connectivity index (χ1) is 11.8. The van der Waals surface area contributed by atoms with Gasteiger partial charge >= 0.3 is 11.8 Å². The number of methoxy groups -OCH3 is 2. The molecule has 0 bridgehead atoms. The van der Waals surface area contributed by atoms with Crippen molar-refractivity contribution in [3.05, 3.63) is 47.0 Å². The maximum Gasteiger partial charge on any atom is 0.314 e. The van der Waals surface area contributed by atoms with E-state index in [-0.39, 0.29) is 27.9 Å². The van der Waals surface area contributed by atoms with Crippen LogP contribution in [0, 0.1) is 11.6 Å². The largest absolute Gasteiger partial charge is 0.495 e. The molecule has 2 aromatic rings. The molecule has 6 nitrogen and oxygen atoms in total. The molecule has 0 spiro atoms. The van der Waals surface area contributed by atoms with Gasteiger partial charge < -0.3 is 20.1 Å². The normalized spacial score (nSPS) is 10.1. The lowest BCUT2D eigenvalue weighted by molar-refractivity contribution is -0.133. The van der Waals surface area contributed by atoms with Gasteiger partial charge in [-0.2, -0.15) is 0 Å². The number of carbonyl (C=O) groups is 2. The summed E-state index contributed by atoms with van der Waals surface area (Å²) in [5.74, 6) is -3.61. The molecule has 0 unspecified atom stereocenters. The summed E-state index contributed by atoms with van der Waals surface area (Å²) in [7, 11) is 2.73. The maximum absolute atomic E-state index is 13.5. The van der Waals surface area contributed by atoms with Gasteiger partial charge in [0.2, 0.25) is 0 Å². The highest BCUT2D eigenvalue weighted by atomic mass is 35.5. The molecule has 0 aliphatic heterocycles. The van der Waals surface area contributed by atoms with Crippen molar-refractivity contribution >= 4 is 34.8 Å². The number of ether oxygens (including phenoxy) is 2. The fourth-order valence-corrected chi connectivity index (χ4v) is 2.14. The fraction of sp³-hybridized carbons (Fsp3) is 0.125. The van der Waals surface area contributed by atoms with E-state index in [0.29, 0.717) is 6.07 Å². The summed E-state index contributed by atoms with van der Waals surface area (Å²) in [6, 6.07) is 5.30. The molecule has 0 radical (unpaired) electrons. The van der Waals surface area contributed by atoms with Crippen LogP contribution in [-0.2, 0) is 9.59 Å². The Morgan fingerprint density at radius 3 is 2.08 bits per heavy atom. The minimum Gasteiger partial charge on any atom is -0.495 e. The van der Waals surface area contributed by atoms with Crippen LogP contribution in [0.5, 0.6) is 11.5 Å². The quantitative estimate of drug-likeness (QED) is 0.810. The number of benzene rings is 2. The Kier molecular flexibility index (Phi) is 5.76. The molecule has 2 N–H and O–H groups in total. The molecule has 2 aromatic carbocycles. The summed E-state index contributed by atoms with van der Waals surface area (Å²) < 4.78 is 36.5. The molecular formula is C16H13ClF2N2O4. The number of anilines is 2. The highest BCUT2D eigenvalue weighted by Crippen LogP contribution is 2.35. The molecular weight excluding hydrogens is 358 g/mol. The van der Waals surface area contributed by atoms with Crippen LogP contribution in [0.1, 0.15) is 0 Å². The molecule has 0 aliphatic rings. The Labute approximate surface area is 146 Å². The minimum atomic E-state index is -1.15. The highest BCUT2D eigenvalue weighted by Gasteiger charge is 2.19. The summed E-state index contributed by atoms with van der Waals surface area (Å²) in [4.78, 5) is 23.9.